The van der Waals surface area contributed by atoms with Crippen LogP contribution in [0.4, 0.5) is 11.4 Å². The summed E-state index contributed by atoms with van der Waals surface area (Å²) in [5, 5.41) is 2.77. The van der Waals surface area contributed by atoms with E-state index in [4.69, 9.17) is 4.74 Å². The number of nitrogens with zero attached hydrogens (tertiary/aromatic N) is 1. The predicted molar refractivity (Wildman–Crippen MR) is 105 cm³/mol. The van der Waals surface area contributed by atoms with Crippen molar-refractivity contribution in [3.8, 4) is 0 Å². The largest absolute Gasteiger partial charge is 0.462 e. The Bertz CT molecular complexity index is 869. The highest BCUT2D eigenvalue weighted by atomic mass is 32.2. The van der Waals surface area contributed by atoms with Crippen LogP contribution >= 0.6 is 11.8 Å². The third-order valence-corrected chi connectivity index (χ3v) is 5.08. The Kier molecular flexibility index (Phi) is 6.13. The minimum atomic E-state index is -0.429. The number of hydrogen-bond acceptors (Lipinski definition) is 5. The van der Waals surface area contributed by atoms with Gasteiger partial charge in [-0.25, -0.2) is 4.79 Å². The number of para-hydroxylation sites is 1. The molecule has 0 aliphatic carbocycles. The minimum Gasteiger partial charge on any atom is -0.462 e. The zero-order valence-corrected chi connectivity index (χ0v) is 15.8. The number of esters is 1. The summed E-state index contributed by atoms with van der Waals surface area (Å²) in [6.07, 6.45) is 0.161. The fraction of sp³-hybridized carbons (Fsp3) is 0.250. The molecule has 1 aliphatic rings. The number of anilines is 2. The van der Waals surface area contributed by atoms with E-state index in [9.17, 15) is 14.4 Å². The van der Waals surface area contributed by atoms with Crippen LogP contribution < -0.4 is 10.2 Å². The monoisotopic (exact) mass is 384 g/mol. The lowest BCUT2D eigenvalue weighted by Gasteiger charge is -2.28. The second-order valence-corrected chi connectivity index (χ2v) is 6.92. The molecule has 0 bridgehead atoms. The van der Waals surface area contributed by atoms with E-state index in [0.717, 1.165) is 10.6 Å². The topological polar surface area (TPSA) is 75.7 Å². The van der Waals surface area contributed by atoms with Crippen LogP contribution in [0.5, 0.6) is 0 Å². The van der Waals surface area contributed by atoms with Crippen LogP contribution in [-0.2, 0) is 14.3 Å². The summed E-state index contributed by atoms with van der Waals surface area (Å²) in [7, 11) is 0. The van der Waals surface area contributed by atoms with Crippen molar-refractivity contribution in [2.75, 3.05) is 29.1 Å². The van der Waals surface area contributed by atoms with Crippen LogP contribution in [-0.4, -0.2) is 36.7 Å². The van der Waals surface area contributed by atoms with Gasteiger partial charge in [0.05, 0.1) is 23.6 Å². The van der Waals surface area contributed by atoms with Gasteiger partial charge >= 0.3 is 5.97 Å². The van der Waals surface area contributed by atoms with E-state index in [1.165, 1.54) is 11.8 Å². The molecule has 2 aromatic carbocycles. The zero-order valence-electron chi connectivity index (χ0n) is 14.9. The fourth-order valence-electron chi connectivity index (χ4n) is 2.77. The van der Waals surface area contributed by atoms with Crippen molar-refractivity contribution < 1.29 is 19.1 Å². The standard InChI is InChI=1S/C20H20N2O4S/c1-2-26-20(25)14-6-5-7-15(12-14)21-18(23)10-11-22-16-8-3-4-9-17(16)27-13-19(22)24/h3-9,12H,2,10-11,13H2,1H3,(H,21,23). The highest BCUT2D eigenvalue weighted by Gasteiger charge is 2.24. The lowest BCUT2D eigenvalue weighted by molar-refractivity contribution is -0.117. The van der Waals surface area contributed by atoms with Crippen molar-refractivity contribution in [3.05, 3.63) is 54.1 Å². The summed E-state index contributed by atoms with van der Waals surface area (Å²) in [4.78, 5) is 39.0. The summed E-state index contributed by atoms with van der Waals surface area (Å²) >= 11 is 1.51. The van der Waals surface area contributed by atoms with E-state index in [1.54, 1.807) is 36.1 Å². The van der Waals surface area contributed by atoms with Gasteiger partial charge in [-0.3, -0.25) is 9.59 Å². The van der Waals surface area contributed by atoms with Crippen molar-refractivity contribution in [3.63, 3.8) is 0 Å². The van der Waals surface area contributed by atoms with Gasteiger partial charge in [-0.2, -0.15) is 0 Å². The molecule has 1 aliphatic heterocycles. The summed E-state index contributed by atoms with van der Waals surface area (Å²) in [5.41, 5.74) is 1.74. The number of carbonyl (C=O) groups excluding carboxylic acids is 3. The van der Waals surface area contributed by atoms with E-state index in [1.807, 2.05) is 24.3 Å². The molecule has 0 fully saturated rings. The van der Waals surface area contributed by atoms with Crippen molar-refractivity contribution in [2.24, 2.45) is 0 Å². The molecule has 140 valence electrons. The lowest BCUT2D eigenvalue weighted by Crippen LogP contribution is -2.37. The molecule has 0 aromatic heterocycles. The number of carbonyl (C=O) groups is 3. The first-order valence-corrected chi connectivity index (χ1v) is 9.66. The quantitative estimate of drug-likeness (QED) is 0.773. The second-order valence-electron chi connectivity index (χ2n) is 5.90. The molecular weight excluding hydrogens is 364 g/mol. The zero-order chi connectivity index (χ0) is 19.2. The summed E-state index contributed by atoms with van der Waals surface area (Å²) in [6, 6.07) is 14.3. The van der Waals surface area contributed by atoms with E-state index < -0.39 is 5.97 Å². The van der Waals surface area contributed by atoms with Crippen LogP contribution in [0.25, 0.3) is 0 Å². The van der Waals surface area contributed by atoms with Crippen LogP contribution in [0.15, 0.2) is 53.4 Å². The fourth-order valence-corrected chi connectivity index (χ4v) is 3.71. The predicted octanol–water partition coefficient (Wildman–Crippen LogP) is 3.33. The molecule has 0 radical (unpaired) electrons. The molecular formula is C20H20N2O4S. The van der Waals surface area contributed by atoms with E-state index >= 15 is 0 Å². The molecule has 7 heteroatoms. The SMILES string of the molecule is CCOC(=O)c1cccc(NC(=O)CCN2C(=O)CSc3ccccc32)c1. The van der Waals surface area contributed by atoms with Crippen molar-refractivity contribution in [2.45, 2.75) is 18.2 Å². The van der Waals surface area contributed by atoms with Gasteiger partial charge in [0, 0.05) is 23.5 Å². The molecule has 1 N–H and O–H groups in total. The van der Waals surface area contributed by atoms with Crippen LogP contribution in [0, 0.1) is 0 Å². The Hall–Kier alpha value is -2.80. The van der Waals surface area contributed by atoms with Crippen molar-refractivity contribution in [1.29, 1.82) is 0 Å². The molecule has 2 aromatic rings. The highest BCUT2D eigenvalue weighted by Crippen LogP contribution is 2.34. The van der Waals surface area contributed by atoms with Crippen molar-refractivity contribution >= 4 is 40.9 Å². The first kappa shape index (κ1) is 19.0. The Morgan fingerprint density at radius 1 is 1.19 bits per heavy atom. The van der Waals surface area contributed by atoms with Crippen molar-refractivity contribution in [1.82, 2.24) is 0 Å². The van der Waals surface area contributed by atoms with E-state index in [-0.39, 0.29) is 18.2 Å². The number of thioether (sulfide) groups is 1. The van der Waals surface area contributed by atoms with E-state index in [0.29, 0.717) is 30.2 Å². The molecule has 27 heavy (non-hydrogen) atoms. The third-order valence-electron chi connectivity index (χ3n) is 4.03. The number of hydrogen-bond donors (Lipinski definition) is 1. The maximum atomic E-state index is 12.3. The number of nitrogens with one attached hydrogen (secondary N) is 1. The summed E-state index contributed by atoms with van der Waals surface area (Å²) in [5.74, 6) is -0.280. The van der Waals surface area contributed by atoms with Crippen LogP contribution in [0.2, 0.25) is 0 Å². The lowest BCUT2D eigenvalue weighted by atomic mass is 10.2. The van der Waals surface area contributed by atoms with Crippen LogP contribution in [0.1, 0.15) is 23.7 Å². The van der Waals surface area contributed by atoms with Gasteiger partial charge in [0.25, 0.3) is 0 Å². The normalized spacial score (nSPS) is 13.1. The summed E-state index contributed by atoms with van der Waals surface area (Å²) < 4.78 is 4.96. The summed E-state index contributed by atoms with van der Waals surface area (Å²) in [6.45, 7) is 2.33. The van der Waals surface area contributed by atoms with Gasteiger partial charge in [0.1, 0.15) is 0 Å². The molecule has 3 rings (SSSR count). The molecule has 0 saturated heterocycles. The highest BCUT2D eigenvalue weighted by molar-refractivity contribution is 8.00. The number of amides is 2. The average molecular weight is 384 g/mol. The van der Waals surface area contributed by atoms with Gasteiger partial charge in [-0.05, 0) is 37.3 Å². The van der Waals surface area contributed by atoms with Gasteiger partial charge in [-0.1, -0.05) is 18.2 Å². The number of benzene rings is 2. The molecule has 0 saturated carbocycles. The molecule has 0 unspecified atom stereocenters. The Balaban J connectivity index is 1.61. The average Bonchev–Trinajstić information content (AvgIpc) is 2.67. The molecule has 0 atom stereocenters. The first-order valence-electron chi connectivity index (χ1n) is 8.67. The molecule has 0 spiro atoms. The third kappa shape index (κ3) is 4.68. The molecule has 1 heterocycles. The maximum absolute atomic E-state index is 12.3. The van der Waals surface area contributed by atoms with Crippen LogP contribution in [0.3, 0.4) is 0 Å². The Morgan fingerprint density at radius 2 is 2.00 bits per heavy atom. The smallest absolute Gasteiger partial charge is 0.338 e. The minimum absolute atomic E-state index is 0.00388. The Morgan fingerprint density at radius 3 is 2.81 bits per heavy atom. The number of fused-ring (bicyclic) bond motifs is 1. The van der Waals surface area contributed by atoms with Gasteiger partial charge < -0.3 is 15.0 Å². The van der Waals surface area contributed by atoms with E-state index in [2.05, 4.69) is 5.32 Å². The van der Waals surface area contributed by atoms with Gasteiger partial charge in [0.15, 0.2) is 0 Å². The second kappa shape index (κ2) is 8.73. The van der Waals surface area contributed by atoms with Gasteiger partial charge in [-0.15, -0.1) is 11.8 Å². The van der Waals surface area contributed by atoms with Gasteiger partial charge in [0.2, 0.25) is 11.8 Å². The Labute approximate surface area is 161 Å². The number of rotatable bonds is 6. The maximum Gasteiger partial charge on any atom is 0.338 e. The number of ether oxygens (including phenoxy) is 1. The first-order chi connectivity index (χ1) is 13.1. The molecule has 2 amide bonds. The molecule has 6 nitrogen and oxygen atoms in total.